The van der Waals surface area contributed by atoms with E-state index in [1.54, 1.807) is 6.07 Å². The lowest BCUT2D eigenvalue weighted by Gasteiger charge is -2.16. The van der Waals surface area contributed by atoms with Crippen molar-refractivity contribution in [2.24, 2.45) is 0 Å². The van der Waals surface area contributed by atoms with E-state index in [0.29, 0.717) is 4.47 Å². The zero-order valence-corrected chi connectivity index (χ0v) is 9.37. The number of aliphatic hydroxyl groups is 1. The van der Waals surface area contributed by atoms with Crippen LogP contribution in [0.15, 0.2) is 22.7 Å². The van der Waals surface area contributed by atoms with Gasteiger partial charge in [-0.25, -0.2) is 4.39 Å². The number of anilines is 1. The van der Waals surface area contributed by atoms with Crippen molar-refractivity contribution in [3.63, 3.8) is 0 Å². The highest BCUT2D eigenvalue weighted by Crippen LogP contribution is 2.26. The SMILES string of the molecule is O=C1CC(O)CN1c1ccc(Br)cc1F. The van der Waals surface area contributed by atoms with Crippen LogP contribution in [0.3, 0.4) is 0 Å². The van der Waals surface area contributed by atoms with Crippen molar-refractivity contribution in [1.82, 2.24) is 0 Å². The monoisotopic (exact) mass is 273 g/mol. The van der Waals surface area contributed by atoms with Gasteiger partial charge in [-0.15, -0.1) is 0 Å². The molecule has 1 amide bonds. The van der Waals surface area contributed by atoms with E-state index in [0.717, 1.165) is 0 Å². The maximum absolute atomic E-state index is 13.5. The normalized spacial score (nSPS) is 21.1. The highest BCUT2D eigenvalue weighted by Gasteiger charge is 2.30. The number of hydrogen-bond donors (Lipinski definition) is 1. The number of hydrogen-bond acceptors (Lipinski definition) is 2. The number of halogens is 2. The molecule has 80 valence electrons. The molecular weight excluding hydrogens is 265 g/mol. The van der Waals surface area contributed by atoms with Crippen molar-refractivity contribution < 1.29 is 14.3 Å². The van der Waals surface area contributed by atoms with Crippen molar-refractivity contribution in [2.45, 2.75) is 12.5 Å². The molecule has 1 fully saturated rings. The van der Waals surface area contributed by atoms with Crippen molar-refractivity contribution >= 4 is 27.5 Å². The van der Waals surface area contributed by atoms with Crippen LogP contribution in [0.5, 0.6) is 0 Å². The summed E-state index contributed by atoms with van der Waals surface area (Å²) in [6.07, 6.45) is -0.629. The minimum absolute atomic E-state index is 0.0650. The number of β-amino-alcohol motifs (C(OH)–C–C–N with tert-alkyl or cyclic N) is 1. The number of nitrogens with zero attached hydrogens (tertiary/aromatic N) is 1. The second kappa shape index (κ2) is 3.90. The van der Waals surface area contributed by atoms with E-state index < -0.39 is 11.9 Å². The third-order valence-corrected chi connectivity index (χ3v) is 2.80. The Balaban J connectivity index is 2.34. The Bertz CT molecular complexity index is 410. The molecule has 2 rings (SSSR count). The molecule has 1 aromatic rings. The lowest BCUT2D eigenvalue weighted by molar-refractivity contribution is -0.117. The third kappa shape index (κ3) is 2.03. The smallest absolute Gasteiger partial charge is 0.229 e. The van der Waals surface area contributed by atoms with Crippen LogP contribution in [0.1, 0.15) is 6.42 Å². The summed E-state index contributed by atoms with van der Waals surface area (Å²) in [6, 6.07) is 4.49. The summed E-state index contributed by atoms with van der Waals surface area (Å²) in [5.74, 6) is -0.712. The van der Waals surface area contributed by atoms with Crippen LogP contribution in [-0.2, 0) is 4.79 Å². The van der Waals surface area contributed by atoms with Gasteiger partial charge in [0.2, 0.25) is 5.91 Å². The van der Waals surface area contributed by atoms with Gasteiger partial charge in [0.25, 0.3) is 0 Å². The molecule has 1 heterocycles. The molecule has 1 aromatic carbocycles. The van der Waals surface area contributed by atoms with Crippen molar-refractivity contribution in [3.05, 3.63) is 28.5 Å². The number of rotatable bonds is 1. The molecule has 1 aliphatic heterocycles. The van der Waals surface area contributed by atoms with Crippen LogP contribution < -0.4 is 4.90 Å². The molecule has 3 nitrogen and oxygen atoms in total. The lowest BCUT2D eigenvalue weighted by Crippen LogP contribution is -2.26. The minimum Gasteiger partial charge on any atom is -0.391 e. The van der Waals surface area contributed by atoms with Gasteiger partial charge in [0.1, 0.15) is 5.82 Å². The minimum atomic E-state index is -0.694. The van der Waals surface area contributed by atoms with Crippen molar-refractivity contribution in [2.75, 3.05) is 11.4 Å². The Kier molecular flexibility index (Phi) is 2.75. The average molecular weight is 274 g/mol. The average Bonchev–Trinajstić information content (AvgIpc) is 2.45. The largest absolute Gasteiger partial charge is 0.391 e. The van der Waals surface area contributed by atoms with Gasteiger partial charge in [-0.1, -0.05) is 15.9 Å². The quantitative estimate of drug-likeness (QED) is 0.846. The Morgan fingerprint density at radius 1 is 1.53 bits per heavy atom. The van der Waals surface area contributed by atoms with Gasteiger partial charge >= 0.3 is 0 Å². The molecule has 1 unspecified atom stereocenters. The summed E-state index contributed by atoms with van der Waals surface area (Å²) in [7, 11) is 0. The second-order valence-corrected chi connectivity index (χ2v) is 4.37. The van der Waals surface area contributed by atoms with Crippen LogP contribution in [0, 0.1) is 5.82 Å². The first-order valence-electron chi connectivity index (χ1n) is 4.51. The van der Waals surface area contributed by atoms with Crippen LogP contribution in [0.2, 0.25) is 0 Å². The summed E-state index contributed by atoms with van der Waals surface area (Å²) >= 11 is 3.14. The molecule has 15 heavy (non-hydrogen) atoms. The predicted molar refractivity (Wildman–Crippen MR) is 57.1 cm³/mol. The first kappa shape index (κ1) is 10.6. The summed E-state index contributed by atoms with van der Waals surface area (Å²) in [6.45, 7) is 0.164. The fourth-order valence-corrected chi connectivity index (χ4v) is 1.95. The third-order valence-electron chi connectivity index (χ3n) is 2.31. The van der Waals surface area contributed by atoms with E-state index in [2.05, 4.69) is 15.9 Å². The van der Waals surface area contributed by atoms with E-state index in [1.165, 1.54) is 17.0 Å². The van der Waals surface area contributed by atoms with E-state index in [-0.39, 0.29) is 24.6 Å². The Morgan fingerprint density at radius 2 is 2.27 bits per heavy atom. The molecule has 1 atom stereocenters. The van der Waals surface area contributed by atoms with E-state index in [4.69, 9.17) is 0 Å². The van der Waals surface area contributed by atoms with Crippen LogP contribution >= 0.6 is 15.9 Å². The van der Waals surface area contributed by atoms with Crippen LogP contribution in [-0.4, -0.2) is 23.7 Å². The molecule has 0 spiro atoms. The topological polar surface area (TPSA) is 40.5 Å². The Hall–Kier alpha value is -0.940. The second-order valence-electron chi connectivity index (χ2n) is 3.46. The molecule has 1 saturated heterocycles. The molecular formula is C10H9BrFNO2. The number of amides is 1. The first-order valence-corrected chi connectivity index (χ1v) is 5.30. The van der Waals surface area contributed by atoms with E-state index >= 15 is 0 Å². The summed E-state index contributed by atoms with van der Waals surface area (Å²) < 4.78 is 14.1. The van der Waals surface area contributed by atoms with Gasteiger partial charge in [0.15, 0.2) is 0 Å². The number of benzene rings is 1. The fourth-order valence-electron chi connectivity index (χ4n) is 1.62. The zero-order valence-electron chi connectivity index (χ0n) is 7.78. The van der Waals surface area contributed by atoms with Gasteiger partial charge < -0.3 is 10.0 Å². The van der Waals surface area contributed by atoms with Gasteiger partial charge in [0.05, 0.1) is 24.8 Å². The van der Waals surface area contributed by atoms with E-state index in [1.807, 2.05) is 0 Å². The highest BCUT2D eigenvalue weighted by atomic mass is 79.9. The Morgan fingerprint density at radius 3 is 2.80 bits per heavy atom. The molecule has 0 bridgehead atoms. The maximum atomic E-state index is 13.5. The number of carbonyl (C=O) groups excluding carboxylic acids is 1. The standard InChI is InChI=1S/C10H9BrFNO2/c11-6-1-2-9(8(12)3-6)13-5-7(14)4-10(13)15/h1-3,7,14H,4-5H2. The Labute approximate surface area is 94.6 Å². The number of aliphatic hydroxyl groups excluding tert-OH is 1. The highest BCUT2D eigenvalue weighted by molar-refractivity contribution is 9.10. The lowest BCUT2D eigenvalue weighted by atomic mass is 10.3. The summed E-state index contributed by atoms with van der Waals surface area (Å²) in [5, 5.41) is 9.28. The predicted octanol–water partition coefficient (Wildman–Crippen LogP) is 1.69. The molecule has 1 aliphatic rings. The van der Waals surface area contributed by atoms with Crippen LogP contribution in [0.25, 0.3) is 0 Å². The van der Waals surface area contributed by atoms with Crippen molar-refractivity contribution in [3.8, 4) is 0 Å². The summed E-state index contributed by atoms with van der Waals surface area (Å²) in [5.41, 5.74) is 0.222. The van der Waals surface area contributed by atoms with Gasteiger partial charge in [0, 0.05) is 4.47 Å². The molecule has 1 N–H and O–H groups in total. The fraction of sp³-hybridized carbons (Fsp3) is 0.300. The maximum Gasteiger partial charge on any atom is 0.229 e. The van der Waals surface area contributed by atoms with Crippen LogP contribution in [0.4, 0.5) is 10.1 Å². The zero-order chi connectivity index (χ0) is 11.0. The molecule has 0 saturated carbocycles. The molecule has 0 radical (unpaired) electrons. The van der Waals surface area contributed by atoms with E-state index in [9.17, 15) is 14.3 Å². The molecule has 0 aromatic heterocycles. The van der Waals surface area contributed by atoms with Gasteiger partial charge in [-0.2, -0.15) is 0 Å². The molecule has 5 heteroatoms. The van der Waals surface area contributed by atoms with Gasteiger partial charge in [-0.05, 0) is 18.2 Å². The van der Waals surface area contributed by atoms with Crippen molar-refractivity contribution in [1.29, 1.82) is 0 Å². The van der Waals surface area contributed by atoms with Gasteiger partial charge in [-0.3, -0.25) is 4.79 Å². The summed E-state index contributed by atoms with van der Waals surface area (Å²) in [4.78, 5) is 12.7. The number of carbonyl (C=O) groups is 1. The molecule has 0 aliphatic carbocycles. The first-order chi connectivity index (χ1) is 7.08.